The maximum absolute atomic E-state index is 12.7. The van der Waals surface area contributed by atoms with E-state index in [1.807, 2.05) is 36.4 Å². The highest BCUT2D eigenvalue weighted by Crippen LogP contribution is 2.28. The zero-order chi connectivity index (χ0) is 21.9. The van der Waals surface area contributed by atoms with Crippen LogP contribution in [0.1, 0.15) is 31.9 Å². The van der Waals surface area contributed by atoms with Gasteiger partial charge in [-0.1, -0.05) is 51.1 Å². The first-order valence-corrected chi connectivity index (χ1v) is 9.98. The molecule has 1 fully saturated rings. The smallest absolute Gasteiger partial charge is 0.265 e. The van der Waals surface area contributed by atoms with Gasteiger partial charge in [0.25, 0.3) is 11.8 Å². The lowest BCUT2D eigenvalue weighted by Gasteiger charge is -2.27. The minimum absolute atomic E-state index is 0.0112. The Morgan fingerprint density at radius 1 is 1.10 bits per heavy atom. The Kier molecular flexibility index (Phi) is 6.17. The number of amides is 2. The first kappa shape index (κ1) is 21.5. The predicted molar refractivity (Wildman–Crippen MR) is 122 cm³/mol. The van der Waals surface area contributed by atoms with Gasteiger partial charge < -0.3 is 4.74 Å². The van der Waals surface area contributed by atoms with Crippen LogP contribution in [0, 0.1) is 0 Å². The molecule has 1 heterocycles. The van der Waals surface area contributed by atoms with Crippen LogP contribution in [0.5, 0.6) is 11.5 Å². The number of hydrogen-bond acceptors (Lipinski definition) is 4. The van der Waals surface area contributed by atoms with Crippen molar-refractivity contribution in [2.75, 3.05) is 6.54 Å². The molecule has 0 aliphatic carbocycles. The van der Waals surface area contributed by atoms with Gasteiger partial charge in [-0.25, -0.2) is 0 Å². The summed E-state index contributed by atoms with van der Waals surface area (Å²) in [6.45, 7) is 10.3. The fourth-order valence-corrected chi connectivity index (χ4v) is 3.23. The van der Waals surface area contributed by atoms with Crippen molar-refractivity contribution in [1.82, 2.24) is 10.2 Å². The Balaban J connectivity index is 1.83. The molecule has 0 aromatic heterocycles. The third-order valence-electron chi connectivity index (χ3n) is 4.62. The Labute approximate surface area is 182 Å². The van der Waals surface area contributed by atoms with Gasteiger partial charge in [-0.2, -0.15) is 0 Å². The van der Waals surface area contributed by atoms with Crippen LogP contribution >= 0.6 is 12.2 Å². The molecule has 1 saturated heterocycles. The van der Waals surface area contributed by atoms with E-state index in [9.17, 15) is 9.59 Å². The number of thiocarbonyl (C=S) groups is 1. The van der Waals surface area contributed by atoms with Gasteiger partial charge in [-0.05, 0) is 59.1 Å². The Morgan fingerprint density at radius 2 is 1.80 bits per heavy atom. The molecule has 0 spiro atoms. The second-order valence-electron chi connectivity index (χ2n) is 7.97. The van der Waals surface area contributed by atoms with Crippen LogP contribution in [0.4, 0.5) is 0 Å². The molecule has 2 aromatic carbocycles. The summed E-state index contributed by atoms with van der Waals surface area (Å²) in [5.74, 6) is 0.346. The zero-order valence-corrected chi connectivity index (χ0v) is 18.1. The second-order valence-corrected chi connectivity index (χ2v) is 8.36. The van der Waals surface area contributed by atoms with Crippen molar-refractivity contribution in [1.29, 1.82) is 0 Å². The number of benzene rings is 2. The summed E-state index contributed by atoms with van der Waals surface area (Å²) in [6.07, 6.45) is 3.09. The number of ether oxygens (including phenoxy) is 1. The lowest BCUT2D eigenvalue weighted by Crippen LogP contribution is -2.53. The first-order valence-electron chi connectivity index (χ1n) is 9.57. The maximum atomic E-state index is 12.7. The van der Waals surface area contributed by atoms with Crippen molar-refractivity contribution in [2.24, 2.45) is 0 Å². The van der Waals surface area contributed by atoms with E-state index in [2.05, 4.69) is 32.7 Å². The van der Waals surface area contributed by atoms with Crippen LogP contribution < -0.4 is 10.1 Å². The molecule has 30 heavy (non-hydrogen) atoms. The number of carbonyl (C=O) groups excluding carboxylic acids is 2. The first-order chi connectivity index (χ1) is 14.2. The number of hydrogen-bond donors (Lipinski definition) is 1. The molecule has 5 nitrogen and oxygen atoms in total. The predicted octanol–water partition coefficient (Wildman–Crippen LogP) is 4.59. The molecule has 154 valence electrons. The Bertz CT molecular complexity index is 1030. The van der Waals surface area contributed by atoms with E-state index in [1.54, 1.807) is 18.2 Å². The van der Waals surface area contributed by atoms with Gasteiger partial charge in [0, 0.05) is 6.54 Å². The van der Waals surface area contributed by atoms with Gasteiger partial charge in [0.1, 0.15) is 17.1 Å². The monoisotopic (exact) mass is 420 g/mol. The lowest BCUT2D eigenvalue weighted by atomic mass is 9.87. The van der Waals surface area contributed by atoms with E-state index in [0.717, 1.165) is 0 Å². The van der Waals surface area contributed by atoms with Gasteiger partial charge in [-0.3, -0.25) is 19.8 Å². The summed E-state index contributed by atoms with van der Waals surface area (Å²) in [7, 11) is 0. The number of rotatable bonds is 5. The molecule has 0 bridgehead atoms. The van der Waals surface area contributed by atoms with Crippen molar-refractivity contribution in [3.8, 4) is 11.5 Å². The van der Waals surface area contributed by atoms with Crippen LogP contribution in [-0.4, -0.2) is 28.4 Å². The normalized spacial score (nSPS) is 15.9. The molecule has 1 aliphatic heterocycles. The minimum Gasteiger partial charge on any atom is -0.457 e. The standard InChI is InChI=1S/C24H24N2O3S/c1-5-13-26-22(28)20(21(27)25-23(26)30)15-16-7-6-8-19(14-16)29-18-11-9-17(10-12-18)24(2,3)4/h5-12,14-15H,1,13H2,2-4H3,(H,25,27,30)/b20-15+. The average molecular weight is 421 g/mol. The Morgan fingerprint density at radius 3 is 2.43 bits per heavy atom. The van der Waals surface area contributed by atoms with Crippen molar-refractivity contribution in [3.05, 3.63) is 77.9 Å². The second kappa shape index (κ2) is 8.63. The quantitative estimate of drug-likeness (QED) is 0.333. The van der Waals surface area contributed by atoms with Crippen LogP contribution in [0.2, 0.25) is 0 Å². The number of nitrogens with one attached hydrogen (secondary N) is 1. The molecule has 0 unspecified atom stereocenters. The van der Waals surface area contributed by atoms with Crippen molar-refractivity contribution in [3.63, 3.8) is 0 Å². The largest absolute Gasteiger partial charge is 0.457 e. The van der Waals surface area contributed by atoms with Crippen molar-refractivity contribution < 1.29 is 14.3 Å². The van der Waals surface area contributed by atoms with E-state index in [1.165, 1.54) is 16.5 Å². The third-order valence-corrected chi connectivity index (χ3v) is 4.95. The third kappa shape index (κ3) is 4.83. The Hall–Kier alpha value is -3.25. The molecule has 3 rings (SSSR count). The molecule has 6 heteroatoms. The SMILES string of the molecule is C=CCN1C(=O)/C(=C/c2cccc(Oc3ccc(C(C)(C)C)cc3)c2)C(=O)NC1=S. The topological polar surface area (TPSA) is 58.6 Å². The summed E-state index contributed by atoms with van der Waals surface area (Å²) in [6, 6.07) is 15.1. The highest BCUT2D eigenvalue weighted by molar-refractivity contribution is 7.80. The number of carbonyl (C=O) groups is 2. The zero-order valence-electron chi connectivity index (χ0n) is 17.3. The van der Waals surface area contributed by atoms with Crippen LogP contribution in [0.3, 0.4) is 0 Å². The van der Waals surface area contributed by atoms with Crippen LogP contribution in [-0.2, 0) is 15.0 Å². The molecular formula is C24H24N2O3S. The molecule has 0 atom stereocenters. The highest BCUT2D eigenvalue weighted by Gasteiger charge is 2.32. The van der Waals surface area contributed by atoms with Crippen molar-refractivity contribution in [2.45, 2.75) is 26.2 Å². The maximum Gasteiger partial charge on any atom is 0.265 e. The van der Waals surface area contributed by atoms with Gasteiger partial charge in [0.2, 0.25) is 0 Å². The van der Waals surface area contributed by atoms with Gasteiger partial charge in [0.05, 0.1) is 0 Å². The summed E-state index contributed by atoms with van der Waals surface area (Å²) >= 11 is 5.07. The lowest BCUT2D eigenvalue weighted by molar-refractivity contribution is -0.128. The fraction of sp³-hybridized carbons (Fsp3) is 0.208. The van der Waals surface area contributed by atoms with Gasteiger partial charge in [-0.15, -0.1) is 6.58 Å². The number of nitrogens with zero attached hydrogens (tertiary/aromatic N) is 1. The molecule has 0 saturated carbocycles. The molecule has 1 N–H and O–H groups in total. The molecular weight excluding hydrogens is 396 g/mol. The molecule has 2 aromatic rings. The van der Waals surface area contributed by atoms with Crippen LogP contribution in [0.25, 0.3) is 6.08 Å². The van der Waals surface area contributed by atoms with Gasteiger partial charge >= 0.3 is 0 Å². The molecule has 0 radical (unpaired) electrons. The van der Waals surface area contributed by atoms with E-state index >= 15 is 0 Å². The van der Waals surface area contributed by atoms with Crippen molar-refractivity contribution >= 4 is 35.2 Å². The van der Waals surface area contributed by atoms with E-state index < -0.39 is 11.8 Å². The minimum atomic E-state index is -0.519. The summed E-state index contributed by atoms with van der Waals surface area (Å²) in [5.41, 5.74) is 1.97. The summed E-state index contributed by atoms with van der Waals surface area (Å²) in [5, 5.41) is 2.62. The molecule has 2 amide bonds. The summed E-state index contributed by atoms with van der Waals surface area (Å²) in [4.78, 5) is 26.2. The van der Waals surface area contributed by atoms with E-state index in [4.69, 9.17) is 17.0 Å². The highest BCUT2D eigenvalue weighted by atomic mass is 32.1. The van der Waals surface area contributed by atoms with E-state index in [-0.39, 0.29) is 22.6 Å². The average Bonchev–Trinajstić information content (AvgIpc) is 2.68. The van der Waals surface area contributed by atoms with Gasteiger partial charge in [0.15, 0.2) is 5.11 Å². The fourth-order valence-electron chi connectivity index (χ4n) is 2.98. The summed E-state index contributed by atoms with van der Waals surface area (Å²) < 4.78 is 5.95. The molecule has 1 aliphatic rings. The van der Waals surface area contributed by atoms with E-state index in [0.29, 0.717) is 17.1 Å². The van der Waals surface area contributed by atoms with Crippen LogP contribution in [0.15, 0.2) is 66.8 Å².